The third-order valence-electron chi connectivity index (χ3n) is 4.00. The summed E-state index contributed by atoms with van der Waals surface area (Å²) in [6.45, 7) is 6.35. The van der Waals surface area contributed by atoms with Gasteiger partial charge in [-0.15, -0.1) is 11.3 Å². The molecule has 2 atom stereocenters. The Kier molecular flexibility index (Phi) is 4.81. The van der Waals surface area contributed by atoms with E-state index < -0.39 is 0 Å². The number of hydrogen-bond acceptors (Lipinski definition) is 5. The number of thiazole rings is 1. The summed E-state index contributed by atoms with van der Waals surface area (Å²) < 4.78 is 10.9. The molecule has 1 aromatic rings. The van der Waals surface area contributed by atoms with Crippen molar-refractivity contribution in [2.45, 2.75) is 52.1 Å². The number of nitrogens with zero attached hydrogens (tertiary/aromatic N) is 1. The molecular weight excluding hydrogens is 274 g/mol. The Hall–Kier alpha value is -0.940. The van der Waals surface area contributed by atoms with Crippen LogP contribution in [0.1, 0.15) is 59.9 Å². The average molecular weight is 297 g/mol. The minimum atomic E-state index is -0.331. The third-order valence-corrected chi connectivity index (χ3v) is 5.16. The maximum Gasteiger partial charge on any atom is 0.358 e. The summed E-state index contributed by atoms with van der Waals surface area (Å²) in [4.78, 5) is 17.4. The Labute approximate surface area is 124 Å². The van der Waals surface area contributed by atoms with Crippen LogP contribution in [-0.2, 0) is 15.1 Å². The van der Waals surface area contributed by atoms with E-state index in [9.17, 15) is 4.79 Å². The Morgan fingerprint density at radius 1 is 1.55 bits per heavy atom. The smallest absolute Gasteiger partial charge is 0.358 e. The van der Waals surface area contributed by atoms with Crippen LogP contribution >= 0.6 is 11.3 Å². The zero-order valence-electron chi connectivity index (χ0n) is 12.7. The maximum atomic E-state index is 11.9. The first-order valence-corrected chi connectivity index (χ1v) is 8.04. The van der Waals surface area contributed by atoms with E-state index in [-0.39, 0.29) is 11.6 Å². The van der Waals surface area contributed by atoms with E-state index in [2.05, 4.69) is 11.9 Å². The number of hydrogen-bond donors (Lipinski definition) is 0. The van der Waals surface area contributed by atoms with Crippen LogP contribution in [0.15, 0.2) is 0 Å². The highest BCUT2D eigenvalue weighted by molar-refractivity contribution is 7.12. The lowest BCUT2D eigenvalue weighted by molar-refractivity contribution is -0.0581. The normalized spacial score (nSPS) is 26.5. The van der Waals surface area contributed by atoms with Crippen molar-refractivity contribution in [2.75, 3.05) is 13.7 Å². The fourth-order valence-corrected chi connectivity index (χ4v) is 4.06. The molecule has 1 aliphatic rings. The molecule has 0 spiro atoms. The van der Waals surface area contributed by atoms with E-state index >= 15 is 0 Å². The van der Waals surface area contributed by atoms with Gasteiger partial charge in [0, 0.05) is 12.0 Å². The average Bonchev–Trinajstić information content (AvgIpc) is 2.81. The first-order chi connectivity index (χ1) is 9.52. The van der Waals surface area contributed by atoms with E-state index in [0.717, 1.165) is 29.1 Å². The second-order valence-corrected chi connectivity index (χ2v) is 6.75. The van der Waals surface area contributed by atoms with Gasteiger partial charge in [-0.2, -0.15) is 0 Å². The predicted molar refractivity (Wildman–Crippen MR) is 79.1 cm³/mol. The van der Waals surface area contributed by atoms with Gasteiger partial charge in [0.05, 0.1) is 6.61 Å². The van der Waals surface area contributed by atoms with Crippen LogP contribution in [0, 0.1) is 12.8 Å². The SMILES string of the molecule is CCOC(=O)c1nc(C2(OC)CCCC(C)C2)sc1C. The van der Waals surface area contributed by atoms with Crippen LogP contribution < -0.4 is 0 Å². The zero-order chi connectivity index (χ0) is 14.8. The molecule has 0 aliphatic heterocycles. The highest BCUT2D eigenvalue weighted by Crippen LogP contribution is 2.44. The molecule has 4 nitrogen and oxygen atoms in total. The number of methoxy groups -OCH3 is 1. The lowest BCUT2D eigenvalue weighted by Gasteiger charge is -2.37. The van der Waals surface area contributed by atoms with E-state index in [1.807, 2.05) is 6.92 Å². The van der Waals surface area contributed by atoms with Crippen LogP contribution in [0.4, 0.5) is 0 Å². The summed E-state index contributed by atoms with van der Waals surface area (Å²) in [5.41, 5.74) is 0.124. The molecule has 1 saturated carbocycles. The van der Waals surface area contributed by atoms with Crippen LogP contribution in [0.3, 0.4) is 0 Å². The summed E-state index contributed by atoms with van der Waals surface area (Å²) in [6, 6.07) is 0. The molecule has 0 amide bonds. The molecular formula is C15H23NO3S. The van der Waals surface area contributed by atoms with Gasteiger partial charge in [0.25, 0.3) is 0 Å². The molecule has 0 saturated heterocycles. The maximum absolute atomic E-state index is 11.9. The highest BCUT2D eigenvalue weighted by atomic mass is 32.1. The first-order valence-electron chi connectivity index (χ1n) is 7.22. The fourth-order valence-electron chi connectivity index (χ4n) is 2.95. The second kappa shape index (κ2) is 6.22. The number of aromatic nitrogens is 1. The van der Waals surface area contributed by atoms with Gasteiger partial charge in [-0.1, -0.05) is 13.3 Å². The van der Waals surface area contributed by atoms with Gasteiger partial charge >= 0.3 is 5.97 Å². The van der Waals surface area contributed by atoms with Gasteiger partial charge in [0.15, 0.2) is 5.69 Å². The van der Waals surface area contributed by atoms with Gasteiger partial charge in [0.2, 0.25) is 0 Å². The molecule has 5 heteroatoms. The molecule has 0 radical (unpaired) electrons. The zero-order valence-corrected chi connectivity index (χ0v) is 13.5. The molecule has 1 heterocycles. The van der Waals surface area contributed by atoms with Crippen molar-refractivity contribution in [2.24, 2.45) is 5.92 Å². The molecule has 0 N–H and O–H groups in total. The van der Waals surface area contributed by atoms with Crippen molar-refractivity contribution >= 4 is 17.3 Å². The van der Waals surface area contributed by atoms with Crippen LogP contribution in [-0.4, -0.2) is 24.7 Å². The Morgan fingerprint density at radius 2 is 2.30 bits per heavy atom. The molecule has 112 valence electrons. The van der Waals surface area contributed by atoms with Gasteiger partial charge in [-0.25, -0.2) is 9.78 Å². The largest absolute Gasteiger partial charge is 0.461 e. The standard InChI is InChI=1S/C15H23NO3S/c1-5-19-13(17)12-11(3)20-14(16-12)15(18-4)8-6-7-10(2)9-15/h10H,5-9H2,1-4H3. The van der Waals surface area contributed by atoms with E-state index in [1.165, 1.54) is 6.42 Å². The van der Waals surface area contributed by atoms with Gasteiger partial charge in [-0.3, -0.25) is 0 Å². The fraction of sp³-hybridized carbons (Fsp3) is 0.733. The summed E-state index contributed by atoms with van der Waals surface area (Å²) in [7, 11) is 1.75. The Balaban J connectivity index is 2.31. The van der Waals surface area contributed by atoms with Gasteiger partial charge < -0.3 is 9.47 Å². The van der Waals surface area contributed by atoms with Crippen molar-refractivity contribution < 1.29 is 14.3 Å². The Morgan fingerprint density at radius 3 is 2.90 bits per heavy atom. The molecule has 0 aromatic carbocycles. The van der Waals surface area contributed by atoms with Crippen molar-refractivity contribution in [3.05, 3.63) is 15.6 Å². The number of rotatable bonds is 4. The molecule has 0 bridgehead atoms. The molecule has 20 heavy (non-hydrogen) atoms. The van der Waals surface area contributed by atoms with Crippen LogP contribution in [0.5, 0.6) is 0 Å². The highest BCUT2D eigenvalue weighted by Gasteiger charge is 2.40. The van der Waals surface area contributed by atoms with E-state index in [4.69, 9.17) is 9.47 Å². The number of esters is 1. The topological polar surface area (TPSA) is 48.4 Å². The third kappa shape index (κ3) is 2.88. The lowest BCUT2D eigenvalue weighted by Crippen LogP contribution is -2.34. The number of carbonyl (C=O) groups is 1. The van der Waals surface area contributed by atoms with Crippen molar-refractivity contribution in [1.29, 1.82) is 0 Å². The minimum absolute atomic E-state index is 0.322. The quantitative estimate of drug-likeness (QED) is 0.795. The van der Waals surface area contributed by atoms with Crippen LogP contribution in [0.25, 0.3) is 0 Å². The van der Waals surface area contributed by atoms with E-state index in [1.54, 1.807) is 25.4 Å². The monoisotopic (exact) mass is 297 g/mol. The van der Waals surface area contributed by atoms with Gasteiger partial charge in [-0.05, 0) is 39.0 Å². The Bertz CT molecular complexity index is 485. The summed E-state index contributed by atoms with van der Waals surface area (Å²) >= 11 is 1.56. The summed E-state index contributed by atoms with van der Waals surface area (Å²) in [6.07, 6.45) is 4.32. The molecule has 1 fully saturated rings. The summed E-state index contributed by atoms with van der Waals surface area (Å²) in [5, 5.41) is 0.923. The predicted octanol–water partition coefficient (Wildman–Crippen LogP) is 3.68. The second-order valence-electron chi connectivity index (χ2n) is 5.54. The van der Waals surface area contributed by atoms with Gasteiger partial charge in [0.1, 0.15) is 10.6 Å². The summed E-state index contributed by atoms with van der Waals surface area (Å²) in [5.74, 6) is 0.293. The van der Waals surface area contributed by atoms with Crippen molar-refractivity contribution in [1.82, 2.24) is 4.98 Å². The van der Waals surface area contributed by atoms with Crippen molar-refractivity contribution in [3.63, 3.8) is 0 Å². The number of ether oxygens (including phenoxy) is 2. The van der Waals surface area contributed by atoms with E-state index in [0.29, 0.717) is 18.2 Å². The molecule has 1 aromatic heterocycles. The first kappa shape index (κ1) is 15.4. The lowest BCUT2D eigenvalue weighted by atomic mass is 9.79. The molecule has 1 aliphatic carbocycles. The number of aryl methyl sites for hydroxylation is 1. The minimum Gasteiger partial charge on any atom is -0.461 e. The molecule has 2 rings (SSSR count). The van der Waals surface area contributed by atoms with Crippen LogP contribution in [0.2, 0.25) is 0 Å². The van der Waals surface area contributed by atoms with Crippen molar-refractivity contribution in [3.8, 4) is 0 Å². The number of carbonyl (C=O) groups excluding carboxylic acids is 1. The molecule has 2 unspecified atom stereocenters.